The molecule has 0 aromatic heterocycles. The lowest BCUT2D eigenvalue weighted by molar-refractivity contribution is -0.139. The first-order valence-electron chi connectivity index (χ1n) is 9.73. The van der Waals surface area contributed by atoms with Gasteiger partial charge in [-0.05, 0) is 48.4 Å². The molecule has 0 spiro atoms. The lowest BCUT2D eigenvalue weighted by Crippen LogP contribution is -2.46. The van der Waals surface area contributed by atoms with Crippen LogP contribution in [0.1, 0.15) is 69.0 Å². The number of carbonyl (C=O) groups excluding carboxylic acids is 1. The lowest BCUT2D eigenvalue weighted by Gasteiger charge is -2.45. The van der Waals surface area contributed by atoms with E-state index in [9.17, 15) is 4.79 Å². The summed E-state index contributed by atoms with van der Waals surface area (Å²) in [6.07, 6.45) is 8.96. The summed E-state index contributed by atoms with van der Waals surface area (Å²) in [5.74, 6) is 2.43. The minimum absolute atomic E-state index is 0.214. The Kier molecular flexibility index (Phi) is 5.87. The summed E-state index contributed by atoms with van der Waals surface area (Å²) in [6.45, 7) is 3.08. The van der Waals surface area contributed by atoms with Crippen LogP contribution in [-0.4, -0.2) is 31.6 Å². The predicted molar refractivity (Wildman–Crippen MR) is 99.2 cm³/mol. The van der Waals surface area contributed by atoms with Gasteiger partial charge in [0.1, 0.15) is 0 Å². The largest absolute Gasteiger partial charge is 0.493 e. The van der Waals surface area contributed by atoms with Gasteiger partial charge in [0.15, 0.2) is 11.5 Å². The van der Waals surface area contributed by atoms with E-state index in [1.165, 1.54) is 43.2 Å². The molecule has 4 heteroatoms. The standard InChI is InChI=1S/C21H31NO3/c1-4-5-6-7-8-15-9-10-20(23)22-12-11-16-13-18(24-2)19(25-3)14-17(16)21(15)22/h13-15,21H,4-12H2,1-3H3/t15-,21+/m1/s1. The van der Waals surface area contributed by atoms with Crippen LogP contribution in [0.25, 0.3) is 0 Å². The maximum Gasteiger partial charge on any atom is 0.223 e. The molecule has 1 amide bonds. The van der Waals surface area contributed by atoms with Gasteiger partial charge in [-0.25, -0.2) is 0 Å². The Morgan fingerprint density at radius 2 is 1.84 bits per heavy atom. The van der Waals surface area contributed by atoms with Gasteiger partial charge in [-0.2, -0.15) is 0 Å². The normalized spacial score (nSPS) is 22.4. The van der Waals surface area contributed by atoms with Crippen molar-refractivity contribution in [2.45, 2.75) is 64.3 Å². The number of hydrogen-bond donors (Lipinski definition) is 0. The Morgan fingerprint density at radius 3 is 2.56 bits per heavy atom. The maximum absolute atomic E-state index is 12.5. The highest BCUT2D eigenvalue weighted by Gasteiger charge is 2.40. The van der Waals surface area contributed by atoms with Crippen LogP contribution in [0, 0.1) is 5.92 Å². The Bertz CT molecular complexity index is 613. The number of fused-ring (bicyclic) bond motifs is 3. The van der Waals surface area contributed by atoms with Crippen LogP contribution < -0.4 is 9.47 Å². The van der Waals surface area contributed by atoms with Crippen LogP contribution in [0.15, 0.2) is 12.1 Å². The first-order valence-corrected chi connectivity index (χ1v) is 9.73. The van der Waals surface area contributed by atoms with Gasteiger partial charge in [0.05, 0.1) is 20.3 Å². The van der Waals surface area contributed by atoms with Crippen LogP contribution in [0.2, 0.25) is 0 Å². The number of nitrogens with zero attached hydrogens (tertiary/aromatic N) is 1. The van der Waals surface area contributed by atoms with Crippen molar-refractivity contribution in [1.29, 1.82) is 0 Å². The topological polar surface area (TPSA) is 38.8 Å². The molecule has 1 aromatic carbocycles. The van der Waals surface area contributed by atoms with Crippen LogP contribution in [0.4, 0.5) is 0 Å². The van der Waals surface area contributed by atoms with E-state index in [1.54, 1.807) is 14.2 Å². The molecular weight excluding hydrogens is 314 g/mol. The zero-order chi connectivity index (χ0) is 17.8. The van der Waals surface area contributed by atoms with Crippen LogP contribution in [-0.2, 0) is 11.2 Å². The van der Waals surface area contributed by atoms with Crippen LogP contribution in [0.3, 0.4) is 0 Å². The highest BCUT2D eigenvalue weighted by Crippen LogP contribution is 2.46. The average molecular weight is 345 g/mol. The molecule has 2 aliphatic heterocycles. The summed E-state index contributed by atoms with van der Waals surface area (Å²) in [5, 5.41) is 0. The van der Waals surface area contributed by atoms with Gasteiger partial charge in [-0.3, -0.25) is 4.79 Å². The molecule has 0 N–H and O–H groups in total. The lowest BCUT2D eigenvalue weighted by atomic mass is 9.77. The average Bonchev–Trinajstić information content (AvgIpc) is 2.65. The van der Waals surface area contributed by atoms with Gasteiger partial charge in [-0.15, -0.1) is 0 Å². The molecule has 0 unspecified atom stereocenters. The molecule has 2 aliphatic rings. The maximum atomic E-state index is 12.5. The Morgan fingerprint density at radius 1 is 1.08 bits per heavy atom. The predicted octanol–water partition coefficient (Wildman–Crippen LogP) is 4.51. The minimum atomic E-state index is 0.214. The fourth-order valence-corrected chi connectivity index (χ4v) is 4.51. The number of unbranched alkanes of at least 4 members (excludes halogenated alkanes) is 3. The van der Waals surface area contributed by atoms with Crippen LogP contribution >= 0.6 is 0 Å². The van der Waals surface area contributed by atoms with Gasteiger partial charge in [0.2, 0.25) is 5.91 Å². The Hall–Kier alpha value is -1.71. The summed E-state index contributed by atoms with van der Waals surface area (Å²) in [5.41, 5.74) is 2.59. The van der Waals surface area contributed by atoms with E-state index in [-0.39, 0.29) is 6.04 Å². The third kappa shape index (κ3) is 3.63. The monoisotopic (exact) mass is 345 g/mol. The first kappa shape index (κ1) is 18.1. The molecule has 0 radical (unpaired) electrons. The number of ether oxygens (including phenoxy) is 2. The van der Waals surface area contributed by atoms with Gasteiger partial charge in [0, 0.05) is 13.0 Å². The number of amides is 1. The summed E-state index contributed by atoms with van der Waals surface area (Å²) in [4.78, 5) is 14.6. The third-order valence-electron chi connectivity index (χ3n) is 5.85. The summed E-state index contributed by atoms with van der Waals surface area (Å²) >= 11 is 0. The molecule has 1 fully saturated rings. The molecule has 0 aliphatic carbocycles. The third-order valence-corrected chi connectivity index (χ3v) is 5.85. The molecule has 2 heterocycles. The van der Waals surface area contributed by atoms with Gasteiger partial charge < -0.3 is 14.4 Å². The summed E-state index contributed by atoms with van der Waals surface area (Å²) < 4.78 is 11.0. The summed E-state index contributed by atoms with van der Waals surface area (Å²) in [7, 11) is 3.36. The zero-order valence-corrected chi connectivity index (χ0v) is 15.8. The van der Waals surface area contributed by atoms with Crippen molar-refractivity contribution in [3.8, 4) is 11.5 Å². The molecule has 2 atom stereocenters. The molecule has 0 bridgehead atoms. The Balaban J connectivity index is 1.89. The highest BCUT2D eigenvalue weighted by molar-refractivity contribution is 5.78. The number of carbonyl (C=O) groups is 1. The number of methoxy groups -OCH3 is 2. The van der Waals surface area contributed by atoms with E-state index < -0.39 is 0 Å². The Labute approximate surface area is 151 Å². The summed E-state index contributed by atoms with van der Waals surface area (Å²) in [6, 6.07) is 4.44. The molecule has 138 valence electrons. The van der Waals surface area contributed by atoms with Crippen molar-refractivity contribution in [3.05, 3.63) is 23.3 Å². The fourth-order valence-electron chi connectivity index (χ4n) is 4.51. The van der Waals surface area contributed by atoms with Gasteiger partial charge in [-0.1, -0.05) is 32.6 Å². The van der Waals surface area contributed by atoms with E-state index in [1.807, 2.05) is 0 Å². The van der Waals surface area contributed by atoms with Gasteiger partial charge in [0.25, 0.3) is 0 Å². The fraction of sp³-hybridized carbons (Fsp3) is 0.667. The second-order valence-corrected chi connectivity index (χ2v) is 7.34. The molecule has 1 saturated heterocycles. The molecule has 1 aromatic rings. The zero-order valence-electron chi connectivity index (χ0n) is 15.8. The van der Waals surface area contributed by atoms with Crippen LogP contribution in [0.5, 0.6) is 11.5 Å². The molecule has 3 rings (SSSR count). The van der Waals surface area contributed by atoms with E-state index in [0.29, 0.717) is 18.2 Å². The van der Waals surface area contributed by atoms with E-state index in [0.717, 1.165) is 30.9 Å². The number of benzene rings is 1. The van der Waals surface area contributed by atoms with Crippen molar-refractivity contribution >= 4 is 5.91 Å². The smallest absolute Gasteiger partial charge is 0.223 e. The number of hydrogen-bond acceptors (Lipinski definition) is 3. The molecule has 4 nitrogen and oxygen atoms in total. The molecule has 25 heavy (non-hydrogen) atoms. The SMILES string of the molecule is CCCCCC[C@@H]1CCC(=O)N2CCc3cc(OC)c(OC)cc3[C@H]12. The van der Waals surface area contributed by atoms with Crippen molar-refractivity contribution < 1.29 is 14.3 Å². The first-order chi connectivity index (χ1) is 12.2. The number of piperidine rings is 1. The number of rotatable bonds is 7. The van der Waals surface area contributed by atoms with Crippen molar-refractivity contribution in [2.75, 3.05) is 20.8 Å². The van der Waals surface area contributed by atoms with Crippen molar-refractivity contribution in [2.24, 2.45) is 5.92 Å². The van der Waals surface area contributed by atoms with E-state index in [2.05, 4.69) is 24.0 Å². The molecule has 0 saturated carbocycles. The van der Waals surface area contributed by atoms with E-state index >= 15 is 0 Å². The quantitative estimate of drug-likeness (QED) is 0.683. The van der Waals surface area contributed by atoms with Crippen molar-refractivity contribution in [1.82, 2.24) is 4.90 Å². The van der Waals surface area contributed by atoms with Gasteiger partial charge >= 0.3 is 0 Å². The second kappa shape index (κ2) is 8.11. The van der Waals surface area contributed by atoms with E-state index in [4.69, 9.17) is 9.47 Å². The van der Waals surface area contributed by atoms with Crippen molar-refractivity contribution in [3.63, 3.8) is 0 Å². The highest BCUT2D eigenvalue weighted by atomic mass is 16.5. The minimum Gasteiger partial charge on any atom is -0.493 e. The second-order valence-electron chi connectivity index (χ2n) is 7.34. The molecular formula is C21H31NO3.